The number of hydrogen-bond acceptors (Lipinski definition) is 6. The fourth-order valence-electron chi connectivity index (χ4n) is 4.50. The lowest BCUT2D eigenvalue weighted by atomic mass is 9.80. The van der Waals surface area contributed by atoms with Gasteiger partial charge in [-0.15, -0.1) is 0 Å². The number of nitrogens with one attached hydrogen (secondary N) is 1. The second-order valence-electron chi connectivity index (χ2n) is 7.81. The summed E-state index contributed by atoms with van der Waals surface area (Å²) in [5, 5.41) is 23.3. The molecule has 0 saturated carbocycles. The number of nitrogens with zero attached hydrogens (tertiary/aromatic N) is 1. The number of carbonyl (C=O) groups is 3. The average Bonchev–Trinajstić information content (AvgIpc) is 3.18. The summed E-state index contributed by atoms with van der Waals surface area (Å²) in [5.41, 5.74) is -0.536. The quantitative estimate of drug-likeness (QED) is 0.643. The summed E-state index contributed by atoms with van der Waals surface area (Å²) < 4.78 is 5.10. The number of amides is 2. The molecule has 156 valence electrons. The molecule has 2 aromatic carbocycles. The number of fused-ring (bicyclic) bond motifs is 1. The molecule has 4 atom stereocenters. The van der Waals surface area contributed by atoms with Crippen LogP contribution in [0.5, 0.6) is 11.5 Å². The summed E-state index contributed by atoms with van der Waals surface area (Å²) in [6.07, 6.45) is 0. The van der Waals surface area contributed by atoms with Gasteiger partial charge in [0.1, 0.15) is 17.0 Å². The lowest BCUT2D eigenvalue weighted by Gasteiger charge is -2.27. The van der Waals surface area contributed by atoms with Crippen LogP contribution in [0.25, 0.3) is 0 Å². The SMILES string of the molecule is COc1ccc([C@@H]2N[C@](C)(C(=O)O)[C@H]3C(=O)N(Cc4ccccc4)C(=O)[C@@H]23)c(O)c1. The van der Waals surface area contributed by atoms with Gasteiger partial charge in [0.25, 0.3) is 0 Å². The molecule has 4 rings (SSSR count). The van der Waals surface area contributed by atoms with E-state index >= 15 is 0 Å². The molecule has 2 heterocycles. The summed E-state index contributed by atoms with van der Waals surface area (Å²) in [7, 11) is 1.46. The molecule has 8 heteroatoms. The molecule has 3 N–H and O–H groups in total. The molecule has 0 unspecified atom stereocenters. The van der Waals surface area contributed by atoms with Crippen molar-refractivity contribution in [3.63, 3.8) is 0 Å². The molecule has 30 heavy (non-hydrogen) atoms. The molecule has 0 bridgehead atoms. The minimum Gasteiger partial charge on any atom is -0.507 e. The van der Waals surface area contributed by atoms with E-state index in [1.165, 1.54) is 20.1 Å². The number of carboxylic acids is 1. The van der Waals surface area contributed by atoms with E-state index in [-0.39, 0.29) is 12.3 Å². The van der Waals surface area contributed by atoms with Crippen LogP contribution >= 0.6 is 0 Å². The van der Waals surface area contributed by atoms with Gasteiger partial charge >= 0.3 is 5.97 Å². The molecule has 2 amide bonds. The molecular weight excluding hydrogens is 388 g/mol. The number of carbonyl (C=O) groups excluding carboxylic acids is 2. The topological polar surface area (TPSA) is 116 Å². The summed E-state index contributed by atoms with van der Waals surface area (Å²) in [6.45, 7) is 1.48. The number of rotatable bonds is 5. The number of likely N-dealkylation sites (tertiary alicyclic amines) is 1. The van der Waals surface area contributed by atoms with Crippen molar-refractivity contribution in [3.8, 4) is 11.5 Å². The summed E-state index contributed by atoms with van der Waals surface area (Å²) >= 11 is 0. The monoisotopic (exact) mass is 410 g/mol. The first-order chi connectivity index (χ1) is 14.3. The zero-order valence-corrected chi connectivity index (χ0v) is 16.5. The molecule has 2 fully saturated rings. The fourth-order valence-corrected chi connectivity index (χ4v) is 4.50. The number of benzene rings is 2. The van der Waals surface area contributed by atoms with E-state index in [9.17, 15) is 24.6 Å². The van der Waals surface area contributed by atoms with Crippen LogP contribution in [0.2, 0.25) is 0 Å². The third-order valence-corrected chi connectivity index (χ3v) is 6.08. The third-order valence-electron chi connectivity index (χ3n) is 6.08. The molecule has 2 aliphatic rings. The van der Waals surface area contributed by atoms with Gasteiger partial charge in [0, 0.05) is 17.7 Å². The normalized spacial score (nSPS) is 27.9. The zero-order chi connectivity index (χ0) is 21.6. The van der Waals surface area contributed by atoms with Crippen molar-refractivity contribution in [1.82, 2.24) is 10.2 Å². The van der Waals surface area contributed by atoms with Crippen LogP contribution in [0.4, 0.5) is 0 Å². The third kappa shape index (κ3) is 2.91. The van der Waals surface area contributed by atoms with Gasteiger partial charge in [0.15, 0.2) is 0 Å². The van der Waals surface area contributed by atoms with E-state index in [1.54, 1.807) is 24.3 Å². The number of phenols is 1. The smallest absolute Gasteiger partial charge is 0.324 e. The molecule has 0 aliphatic carbocycles. The van der Waals surface area contributed by atoms with Crippen molar-refractivity contribution in [2.24, 2.45) is 11.8 Å². The molecule has 2 saturated heterocycles. The Morgan fingerprint density at radius 1 is 1.17 bits per heavy atom. The fraction of sp³-hybridized carbons (Fsp3) is 0.318. The predicted octanol–water partition coefficient (Wildman–Crippen LogP) is 1.69. The first-order valence-electron chi connectivity index (χ1n) is 9.55. The van der Waals surface area contributed by atoms with Gasteiger partial charge in [0.2, 0.25) is 11.8 Å². The standard InChI is InChI=1S/C22H22N2O6/c1-22(21(28)29)17-16(18(23-22)14-9-8-13(30-2)10-15(14)25)19(26)24(20(17)27)11-12-6-4-3-5-7-12/h3-10,16-18,23,25H,11H2,1-2H3,(H,28,29)/t16-,17-,18+,22+/m1/s1. The van der Waals surface area contributed by atoms with Crippen LogP contribution in [0.3, 0.4) is 0 Å². The number of imide groups is 1. The van der Waals surface area contributed by atoms with Gasteiger partial charge in [-0.1, -0.05) is 36.4 Å². The maximum atomic E-state index is 13.3. The highest BCUT2D eigenvalue weighted by molar-refractivity contribution is 6.09. The number of hydrogen-bond donors (Lipinski definition) is 3. The zero-order valence-electron chi connectivity index (χ0n) is 16.5. The Kier molecular flexibility index (Phi) is 4.74. The van der Waals surface area contributed by atoms with E-state index in [0.717, 1.165) is 10.5 Å². The highest BCUT2D eigenvalue weighted by atomic mass is 16.5. The second-order valence-corrected chi connectivity index (χ2v) is 7.81. The predicted molar refractivity (Wildman–Crippen MR) is 106 cm³/mol. The second kappa shape index (κ2) is 7.14. The van der Waals surface area contributed by atoms with Crippen LogP contribution in [-0.2, 0) is 20.9 Å². The van der Waals surface area contributed by atoms with Gasteiger partial charge in [-0.05, 0) is 18.6 Å². The van der Waals surface area contributed by atoms with Gasteiger partial charge in [-0.25, -0.2) is 0 Å². The number of aromatic hydroxyl groups is 1. The minimum atomic E-state index is -1.65. The number of ether oxygens (including phenoxy) is 1. The van der Waals surface area contributed by atoms with Crippen LogP contribution < -0.4 is 10.1 Å². The molecule has 2 aliphatic heterocycles. The van der Waals surface area contributed by atoms with E-state index in [2.05, 4.69) is 5.32 Å². The first-order valence-corrected chi connectivity index (χ1v) is 9.55. The van der Waals surface area contributed by atoms with Crippen molar-refractivity contribution in [2.75, 3.05) is 7.11 Å². The lowest BCUT2D eigenvalue weighted by Crippen LogP contribution is -2.53. The molecule has 0 radical (unpaired) electrons. The summed E-state index contributed by atoms with van der Waals surface area (Å²) in [4.78, 5) is 39.7. The largest absolute Gasteiger partial charge is 0.507 e. The Balaban J connectivity index is 1.76. The number of carboxylic acid groups (broad SMARTS) is 1. The minimum absolute atomic E-state index is 0.0719. The van der Waals surface area contributed by atoms with Crippen LogP contribution in [0.1, 0.15) is 24.1 Å². The summed E-state index contributed by atoms with van der Waals surface area (Å²) in [6, 6.07) is 12.8. The van der Waals surface area contributed by atoms with Crippen molar-refractivity contribution < 1.29 is 29.3 Å². The molecule has 2 aromatic rings. The maximum absolute atomic E-state index is 13.3. The Labute approximate surface area is 173 Å². The van der Waals surface area contributed by atoms with Crippen LogP contribution in [0.15, 0.2) is 48.5 Å². The van der Waals surface area contributed by atoms with Gasteiger partial charge in [-0.2, -0.15) is 0 Å². The van der Waals surface area contributed by atoms with Gasteiger partial charge in [-0.3, -0.25) is 24.6 Å². The number of phenolic OH excluding ortho intramolecular Hbond substituents is 1. The average molecular weight is 410 g/mol. The highest BCUT2D eigenvalue weighted by Gasteiger charge is 2.66. The molecule has 8 nitrogen and oxygen atoms in total. The summed E-state index contributed by atoms with van der Waals surface area (Å²) in [5.74, 6) is -3.95. The van der Waals surface area contributed by atoms with E-state index in [1.807, 2.05) is 18.2 Å². The van der Waals surface area contributed by atoms with Gasteiger partial charge in [0.05, 0.1) is 25.5 Å². The van der Waals surface area contributed by atoms with Crippen LogP contribution in [-0.4, -0.2) is 45.5 Å². The number of methoxy groups -OCH3 is 1. The molecule has 0 aromatic heterocycles. The lowest BCUT2D eigenvalue weighted by molar-refractivity contribution is -0.150. The Morgan fingerprint density at radius 3 is 2.47 bits per heavy atom. The molecule has 0 spiro atoms. The Morgan fingerprint density at radius 2 is 1.87 bits per heavy atom. The maximum Gasteiger partial charge on any atom is 0.324 e. The van der Waals surface area contributed by atoms with Crippen molar-refractivity contribution in [3.05, 3.63) is 59.7 Å². The van der Waals surface area contributed by atoms with Gasteiger partial charge < -0.3 is 14.9 Å². The van der Waals surface area contributed by atoms with Crippen molar-refractivity contribution in [2.45, 2.75) is 25.0 Å². The Hall–Kier alpha value is -3.39. The van der Waals surface area contributed by atoms with Crippen LogP contribution in [0, 0.1) is 11.8 Å². The van der Waals surface area contributed by atoms with E-state index in [0.29, 0.717) is 11.3 Å². The van der Waals surface area contributed by atoms with E-state index in [4.69, 9.17) is 4.74 Å². The first kappa shape index (κ1) is 19.9. The van der Waals surface area contributed by atoms with Crippen molar-refractivity contribution >= 4 is 17.8 Å². The Bertz CT molecular complexity index is 1020. The highest BCUT2D eigenvalue weighted by Crippen LogP contribution is 2.50. The molecular formula is C22H22N2O6. The van der Waals surface area contributed by atoms with Crippen molar-refractivity contribution in [1.29, 1.82) is 0 Å². The number of aliphatic carboxylic acids is 1. The van der Waals surface area contributed by atoms with E-state index < -0.39 is 41.2 Å².